The third kappa shape index (κ3) is 4.21. The highest BCUT2D eigenvalue weighted by Crippen LogP contribution is 2.49. The number of nitrogens with zero attached hydrogens (tertiary/aromatic N) is 3. The van der Waals surface area contributed by atoms with Crippen LogP contribution in [0, 0.1) is 11.8 Å². The molecule has 3 heterocycles. The topological polar surface area (TPSA) is 58.5 Å². The Labute approximate surface area is 183 Å². The van der Waals surface area contributed by atoms with Crippen LogP contribution < -0.4 is 4.74 Å². The molecule has 5 nitrogen and oxygen atoms in total. The van der Waals surface area contributed by atoms with Crippen LogP contribution in [0.3, 0.4) is 0 Å². The Kier molecular flexibility index (Phi) is 5.70. The molecule has 1 saturated heterocycles. The molecule has 0 amide bonds. The minimum atomic E-state index is -0.753. The van der Waals surface area contributed by atoms with E-state index in [-0.39, 0.29) is 11.8 Å². The van der Waals surface area contributed by atoms with E-state index in [9.17, 15) is 5.11 Å². The third-order valence-corrected chi connectivity index (χ3v) is 6.85. The van der Waals surface area contributed by atoms with Crippen molar-refractivity contribution >= 4 is 0 Å². The van der Waals surface area contributed by atoms with Gasteiger partial charge in [-0.15, -0.1) is 0 Å². The monoisotopic (exact) mass is 415 g/mol. The molecule has 1 aromatic carbocycles. The number of fused-ring (bicyclic) bond motifs is 2. The molecule has 2 aromatic heterocycles. The molecular formula is C26H29N3O2. The van der Waals surface area contributed by atoms with Gasteiger partial charge in [0.25, 0.3) is 0 Å². The number of aliphatic hydroxyl groups is 1. The van der Waals surface area contributed by atoms with Crippen LogP contribution in [0.25, 0.3) is 0 Å². The molecule has 160 valence electrons. The summed E-state index contributed by atoms with van der Waals surface area (Å²) in [6, 6.07) is 18.2. The molecule has 5 rings (SSSR count). The number of aromatic nitrogens is 2. The number of pyridine rings is 2. The van der Waals surface area contributed by atoms with Crippen LogP contribution in [0.15, 0.2) is 73.2 Å². The van der Waals surface area contributed by atoms with E-state index in [4.69, 9.17) is 4.74 Å². The fourth-order valence-electron chi connectivity index (χ4n) is 5.38. The molecule has 0 radical (unpaired) electrons. The molecule has 0 spiro atoms. The van der Waals surface area contributed by atoms with Gasteiger partial charge < -0.3 is 9.84 Å². The molecule has 3 aromatic rings. The molecule has 1 aliphatic carbocycles. The number of benzene rings is 1. The fraction of sp³-hybridized carbons (Fsp3) is 0.385. The average Bonchev–Trinajstić information content (AvgIpc) is 2.80. The number of hydrogen-bond acceptors (Lipinski definition) is 5. The van der Waals surface area contributed by atoms with Crippen molar-refractivity contribution in [1.82, 2.24) is 14.9 Å². The zero-order valence-corrected chi connectivity index (χ0v) is 17.7. The summed E-state index contributed by atoms with van der Waals surface area (Å²) in [4.78, 5) is 11.1. The first-order valence-electron chi connectivity index (χ1n) is 11.2. The van der Waals surface area contributed by atoms with E-state index in [1.165, 1.54) is 12.0 Å². The lowest BCUT2D eigenvalue weighted by molar-refractivity contribution is -0.148. The number of rotatable bonds is 6. The van der Waals surface area contributed by atoms with Crippen molar-refractivity contribution in [2.45, 2.75) is 38.0 Å². The highest BCUT2D eigenvalue weighted by atomic mass is 16.5. The summed E-state index contributed by atoms with van der Waals surface area (Å²) in [6.07, 6.45) is 8.74. The molecule has 2 unspecified atom stereocenters. The van der Waals surface area contributed by atoms with Gasteiger partial charge >= 0.3 is 0 Å². The molecule has 5 heteroatoms. The van der Waals surface area contributed by atoms with Crippen molar-refractivity contribution in [2.75, 3.05) is 13.1 Å². The summed E-state index contributed by atoms with van der Waals surface area (Å²) >= 11 is 0. The molecule has 31 heavy (non-hydrogen) atoms. The smallest absolute Gasteiger partial charge is 0.130 e. The lowest BCUT2D eigenvalue weighted by Gasteiger charge is -2.53. The van der Waals surface area contributed by atoms with E-state index in [0.717, 1.165) is 49.5 Å². The summed E-state index contributed by atoms with van der Waals surface area (Å²) in [6.45, 7) is 3.15. The Bertz CT molecular complexity index is 982. The molecule has 2 bridgehead atoms. The minimum Gasteiger partial charge on any atom is -0.487 e. The fourth-order valence-corrected chi connectivity index (χ4v) is 5.38. The average molecular weight is 416 g/mol. The zero-order valence-electron chi connectivity index (χ0n) is 17.7. The van der Waals surface area contributed by atoms with Crippen molar-refractivity contribution in [3.8, 4) is 5.75 Å². The summed E-state index contributed by atoms with van der Waals surface area (Å²) < 4.78 is 5.96. The van der Waals surface area contributed by atoms with E-state index in [0.29, 0.717) is 6.61 Å². The first kappa shape index (κ1) is 20.2. The van der Waals surface area contributed by atoms with Gasteiger partial charge in [-0.25, -0.2) is 0 Å². The Hall–Kier alpha value is -2.76. The van der Waals surface area contributed by atoms with Crippen LogP contribution in [0.4, 0.5) is 0 Å². The standard InChI is InChI=1S/C26H29N3O2/c30-26(21-9-5-12-27-15-21)22-7-4-8-23(26)18-29(17-22)16-20-6-3-11-25(14-20)31-19-24-10-1-2-13-28-24/h1-3,5-6,9-15,22-23,30H,4,7-8,16-19H2. The van der Waals surface area contributed by atoms with Crippen molar-refractivity contribution in [3.05, 3.63) is 90.0 Å². The SMILES string of the molecule is OC1(c2cccnc2)C2CCCC1CN(Cc1cccc(OCc3ccccn3)c1)C2. The number of piperidine rings is 1. The van der Waals surface area contributed by atoms with Crippen molar-refractivity contribution < 1.29 is 9.84 Å². The Balaban J connectivity index is 1.27. The van der Waals surface area contributed by atoms with Gasteiger partial charge in [0.15, 0.2) is 0 Å². The summed E-state index contributed by atoms with van der Waals surface area (Å²) in [7, 11) is 0. The summed E-state index contributed by atoms with van der Waals surface area (Å²) in [5, 5.41) is 11.7. The molecule has 1 saturated carbocycles. The highest BCUT2D eigenvalue weighted by Gasteiger charge is 2.51. The molecule has 1 aliphatic heterocycles. The largest absolute Gasteiger partial charge is 0.487 e. The van der Waals surface area contributed by atoms with E-state index < -0.39 is 5.60 Å². The lowest BCUT2D eigenvalue weighted by Crippen LogP contribution is -2.57. The molecule has 2 aliphatic rings. The van der Waals surface area contributed by atoms with Gasteiger partial charge in [-0.1, -0.05) is 30.7 Å². The van der Waals surface area contributed by atoms with Crippen LogP contribution in [0.2, 0.25) is 0 Å². The number of ether oxygens (including phenoxy) is 1. The molecular weight excluding hydrogens is 386 g/mol. The van der Waals surface area contributed by atoms with Crippen molar-refractivity contribution in [3.63, 3.8) is 0 Å². The first-order chi connectivity index (χ1) is 15.2. The van der Waals surface area contributed by atoms with Gasteiger partial charge in [-0.2, -0.15) is 0 Å². The highest BCUT2D eigenvalue weighted by molar-refractivity contribution is 5.29. The predicted molar refractivity (Wildman–Crippen MR) is 119 cm³/mol. The van der Waals surface area contributed by atoms with Crippen LogP contribution in [-0.4, -0.2) is 33.1 Å². The van der Waals surface area contributed by atoms with E-state index in [1.807, 2.05) is 42.6 Å². The van der Waals surface area contributed by atoms with Crippen LogP contribution in [0.1, 0.15) is 36.1 Å². The second-order valence-electron chi connectivity index (χ2n) is 8.84. The van der Waals surface area contributed by atoms with Crippen molar-refractivity contribution in [1.29, 1.82) is 0 Å². The molecule has 2 fully saturated rings. The summed E-state index contributed by atoms with van der Waals surface area (Å²) in [5.41, 5.74) is 2.39. The Morgan fingerprint density at radius 3 is 2.61 bits per heavy atom. The Morgan fingerprint density at radius 1 is 1.00 bits per heavy atom. The first-order valence-corrected chi connectivity index (χ1v) is 11.2. The quantitative estimate of drug-likeness (QED) is 0.655. The number of hydrogen-bond donors (Lipinski definition) is 1. The lowest BCUT2D eigenvalue weighted by atomic mass is 9.63. The van der Waals surface area contributed by atoms with Gasteiger partial charge in [0.2, 0.25) is 0 Å². The van der Waals surface area contributed by atoms with Crippen LogP contribution in [0.5, 0.6) is 5.75 Å². The number of likely N-dealkylation sites (tertiary alicyclic amines) is 1. The van der Waals surface area contributed by atoms with E-state index >= 15 is 0 Å². The maximum atomic E-state index is 11.7. The van der Waals surface area contributed by atoms with E-state index in [1.54, 1.807) is 12.4 Å². The summed E-state index contributed by atoms with van der Waals surface area (Å²) in [5.74, 6) is 1.35. The maximum absolute atomic E-state index is 11.7. The third-order valence-electron chi connectivity index (χ3n) is 6.85. The molecule has 1 N–H and O–H groups in total. The van der Waals surface area contributed by atoms with E-state index in [2.05, 4.69) is 33.1 Å². The predicted octanol–water partition coefficient (Wildman–Crippen LogP) is 4.18. The minimum absolute atomic E-state index is 0.243. The molecule has 2 atom stereocenters. The van der Waals surface area contributed by atoms with Gasteiger partial charge in [-0.3, -0.25) is 14.9 Å². The van der Waals surface area contributed by atoms with Gasteiger partial charge in [0, 0.05) is 55.6 Å². The Morgan fingerprint density at radius 2 is 1.87 bits per heavy atom. The van der Waals surface area contributed by atoms with Gasteiger partial charge in [0.1, 0.15) is 12.4 Å². The van der Waals surface area contributed by atoms with Crippen LogP contribution in [-0.2, 0) is 18.8 Å². The van der Waals surface area contributed by atoms with Gasteiger partial charge in [0.05, 0.1) is 11.3 Å². The van der Waals surface area contributed by atoms with Gasteiger partial charge in [-0.05, 0) is 48.7 Å². The normalized spacial score (nSPS) is 25.8. The maximum Gasteiger partial charge on any atom is 0.130 e. The van der Waals surface area contributed by atoms with Crippen LogP contribution >= 0.6 is 0 Å². The second kappa shape index (κ2) is 8.77. The second-order valence-corrected chi connectivity index (χ2v) is 8.84. The van der Waals surface area contributed by atoms with Crippen molar-refractivity contribution in [2.24, 2.45) is 11.8 Å². The zero-order chi connectivity index (χ0) is 21.1.